The van der Waals surface area contributed by atoms with Crippen LogP contribution in [-0.2, 0) is 19.7 Å². The molecule has 0 radical (unpaired) electrons. The van der Waals surface area contributed by atoms with E-state index in [4.69, 9.17) is 14.2 Å². The number of nitrogens with one attached hydrogen (secondary N) is 1. The van der Waals surface area contributed by atoms with Crippen LogP contribution in [0.4, 0.5) is 0 Å². The fourth-order valence-electron chi connectivity index (χ4n) is 4.44. The van der Waals surface area contributed by atoms with Crippen molar-refractivity contribution in [2.45, 2.75) is 55.5 Å². The predicted octanol–water partition coefficient (Wildman–Crippen LogP) is 1.15. The number of hydrogen-bond donors (Lipinski definition) is 2. The number of aliphatic hydroxyl groups is 1. The lowest BCUT2D eigenvalue weighted by Gasteiger charge is -2.30. The zero-order valence-electron chi connectivity index (χ0n) is 14.4. The van der Waals surface area contributed by atoms with Gasteiger partial charge in [-0.1, -0.05) is 25.0 Å². The average Bonchev–Trinajstić information content (AvgIpc) is 3.35. The third kappa shape index (κ3) is 2.82. The molecule has 1 aliphatic carbocycles. The highest BCUT2D eigenvalue weighted by Crippen LogP contribution is 2.42. The highest BCUT2D eigenvalue weighted by molar-refractivity contribution is 5.89. The van der Waals surface area contributed by atoms with Gasteiger partial charge in [0.25, 0.3) is 0 Å². The van der Waals surface area contributed by atoms with E-state index in [0.29, 0.717) is 6.61 Å². The minimum Gasteiger partial charge on any atom is -0.497 e. The third-order valence-corrected chi connectivity index (χ3v) is 5.88. The molecule has 25 heavy (non-hydrogen) atoms. The number of fused-ring (bicyclic) bond motifs is 1. The molecule has 4 rings (SSSR count). The van der Waals surface area contributed by atoms with E-state index in [-0.39, 0.29) is 30.8 Å². The number of amides is 1. The lowest BCUT2D eigenvalue weighted by atomic mass is 9.77. The van der Waals surface area contributed by atoms with Crippen LogP contribution in [-0.4, -0.2) is 55.7 Å². The number of carbonyl (C=O) groups excluding carboxylic acids is 1. The van der Waals surface area contributed by atoms with Crippen LogP contribution in [0.15, 0.2) is 24.3 Å². The summed E-state index contributed by atoms with van der Waals surface area (Å²) in [6.07, 6.45) is 2.59. The maximum absolute atomic E-state index is 13.2. The molecule has 1 saturated carbocycles. The van der Waals surface area contributed by atoms with Crippen molar-refractivity contribution in [3.8, 4) is 5.75 Å². The van der Waals surface area contributed by atoms with E-state index in [1.165, 1.54) is 0 Å². The fraction of sp³-hybridized carbons (Fsp3) is 0.632. The van der Waals surface area contributed by atoms with Gasteiger partial charge in [0.15, 0.2) is 0 Å². The summed E-state index contributed by atoms with van der Waals surface area (Å²) in [5.74, 6) is 0.826. The Morgan fingerprint density at radius 2 is 1.84 bits per heavy atom. The van der Waals surface area contributed by atoms with Crippen molar-refractivity contribution in [3.63, 3.8) is 0 Å². The quantitative estimate of drug-likeness (QED) is 0.854. The molecule has 0 spiro atoms. The van der Waals surface area contributed by atoms with Crippen LogP contribution in [0, 0.1) is 0 Å². The second-order valence-electron chi connectivity index (χ2n) is 7.26. The lowest BCUT2D eigenvalue weighted by Crippen LogP contribution is -2.51. The first-order valence-electron chi connectivity index (χ1n) is 9.01. The minimum atomic E-state index is -0.603. The number of ether oxygens (including phenoxy) is 3. The number of methoxy groups -OCH3 is 1. The van der Waals surface area contributed by atoms with Crippen molar-refractivity contribution in [1.82, 2.24) is 5.32 Å². The van der Waals surface area contributed by atoms with Crippen LogP contribution in [0.3, 0.4) is 0 Å². The summed E-state index contributed by atoms with van der Waals surface area (Å²) in [7, 11) is 1.64. The average molecular weight is 347 g/mol. The van der Waals surface area contributed by atoms with Gasteiger partial charge in [0.1, 0.15) is 24.1 Å². The Kier molecular flexibility index (Phi) is 4.43. The molecule has 3 aliphatic rings. The largest absolute Gasteiger partial charge is 0.497 e. The molecule has 0 aromatic heterocycles. The van der Waals surface area contributed by atoms with Crippen molar-refractivity contribution >= 4 is 5.91 Å². The van der Waals surface area contributed by atoms with E-state index in [1.54, 1.807) is 7.11 Å². The molecule has 6 heteroatoms. The van der Waals surface area contributed by atoms with E-state index in [2.05, 4.69) is 5.32 Å². The summed E-state index contributed by atoms with van der Waals surface area (Å²) in [4.78, 5) is 13.2. The predicted molar refractivity (Wildman–Crippen MR) is 90.6 cm³/mol. The van der Waals surface area contributed by atoms with Gasteiger partial charge in [0.2, 0.25) is 5.91 Å². The maximum atomic E-state index is 13.2. The summed E-state index contributed by atoms with van der Waals surface area (Å²) in [6, 6.07) is 7.60. The Hall–Kier alpha value is -1.63. The molecule has 4 atom stereocenters. The van der Waals surface area contributed by atoms with Crippen molar-refractivity contribution in [2.24, 2.45) is 0 Å². The monoisotopic (exact) mass is 347 g/mol. The molecule has 2 saturated heterocycles. The van der Waals surface area contributed by atoms with E-state index >= 15 is 0 Å². The second kappa shape index (κ2) is 6.59. The van der Waals surface area contributed by atoms with Crippen LogP contribution in [0.2, 0.25) is 0 Å². The summed E-state index contributed by atoms with van der Waals surface area (Å²) in [5, 5.41) is 13.0. The molecule has 2 aliphatic heterocycles. The minimum absolute atomic E-state index is 0.0365. The van der Waals surface area contributed by atoms with Gasteiger partial charge in [0, 0.05) is 0 Å². The molecule has 1 amide bonds. The van der Waals surface area contributed by atoms with Crippen LogP contribution >= 0.6 is 0 Å². The van der Waals surface area contributed by atoms with Gasteiger partial charge in [-0.15, -0.1) is 0 Å². The smallest absolute Gasteiger partial charge is 0.231 e. The molecule has 1 aromatic rings. The van der Waals surface area contributed by atoms with Crippen molar-refractivity contribution in [2.75, 3.05) is 20.3 Å². The zero-order valence-corrected chi connectivity index (χ0v) is 14.4. The number of rotatable bonds is 4. The first kappa shape index (κ1) is 16.8. The van der Waals surface area contributed by atoms with Crippen LogP contribution < -0.4 is 10.1 Å². The summed E-state index contributed by atoms with van der Waals surface area (Å²) >= 11 is 0. The fourth-order valence-corrected chi connectivity index (χ4v) is 4.44. The Balaban J connectivity index is 1.53. The summed E-state index contributed by atoms with van der Waals surface area (Å²) < 4.78 is 16.5. The highest BCUT2D eigenvalue weighted by atomic mass is 16.6. The molecule has 6 nitrogen and oxygen atoms in total. The first-order valence-corrected chi connectivity index (χ1v) is 9.01. The van der Waals surface area contributed by atoms with Crippen molar-refractivity contribution in [3.05, 3.63) is 29.8 Å². The summed E-state index contributed by atoms with van der Waals surface area (Å²) in [6.45, 7) is 0.655. The standard InChI is InChI=1S/C19H25NO5/c1-23-13-6-4-12(5-7-13)19(8-2-3-9-19)18(22)20-14-10-24-17-15(21)11-25-16(14)17/h4-7,14-17,21H,2-3,8-11H2,1H3,(H,20,22)/t14-,15-,16-,17-/m1/s1. The van der Waals surface area contributed by atoms with Crippen LogP contribution in [0.5, 0.6) is 5.75 Å². The van der Waals surface area contributed by atoms with Crippen LogP contribution in [0.25, 0.3) is 0 Å². The van der Waals surface area contributed by atoms with Gasteiger partial charge < -0.3 is 24.6 Å². The van der Waals surface area contributed by atoms with Gasteiger partial charge in [-0.2, -0.15) is 0 Å². The maximum Gasteiger partial charge on any atom is 0.231 e. The Morgan fingerprint density at radius 3 is 2.52 bits per heavy atom. The molecule has 3 fully saturated rings. The molecule has 2 N–H and O–H groups in total. The Morgan fingerprint density at radius 1 is 1.16 bits per heavy atom. The molecule has 0 bridgehead atoms. The SMILES string of the molecule is COc1ccc(C2(C(=O)N[C@@H]3CO[C@H]4[C@@H]3OC[C@H]4O)CCCC2)cc1. The topological polar surface area (TPSA) is 77.0 Å². The van der Waals surface area contributed by atoms with Gasteiger partial charge >= 0.3 is 0 Å². The first-order chi connectivity index (χ1) is 12.1. The zero-order chi connectivity index (χ0) is 17.4. The van der Waals surface area contributed by atoms with Crippen molar-refractivity contribution in [1.29, 1.82) is 0 Å². The lowest BCUT2D eigenvalue weighted by molar-refractivity contribution is -0.128. The van der Waals surface area contributed by atoms with Crippen molar-refractivity contribution < 1.29 is 24.1 Å². The second-order valence-corrected chi connectivity index (χ2v) is 7.26. The van der Waals surface area contributed by atoms with Crippen LogP contribution in [0.1, 0.15) is 31.2 Å². The number of carbonyl (C=O) groups is 1. The van der Waals surface area contributed by atoms with Gasteiger partial charge in [-0.05, 0) is 30.5 Å². The Bertz CT molecular complexity index is 625. The number of hydrogen-bond acceptors (Lipinski definition) is 5. The molecule has 136 valence electrons. The van der Waals surface area contributed by atoms with E-state index in [0.717, 1.165) is 37.0 Å². The summed E-state index contributed by atoms with van der Waals surface area (Å²) in [5.41, 5.74) is 0.535. The number of benzene rings is 1. The van der Waals surface area contributed by atoms with Gasteiger partial charge in [0.05, 0.1) is 31.8 Å². The van der Waals surface area contributed by atoms with E-state index in [1.807, 2.05) is 24.3 Å². The highest BCUT2D eigenvalue weighted by Gasteiger charge is 2.50. The molecule has 1 aromatic carbocycles. The van der Waals surface area contributed by atoms with E-state index in [9.17, 15) is 9.90 Å². The number of aliphatic hydroxyl groups excluding tert-OH is 1. The molecule has 0 unspecified atom stereocenters. The Labute approximate surface area is 147 Å². The third-order valence-electron chi connectivity index (χ3n) is 5.88. The molecule has 2 heterocycles. The van der Waals surface area contributed by atoms with Gasteiger partial charge in [-0.25, -0.2) is 0 Å². The van der Waals surface area contributed by atoms with E-state index < -0.39 is 11.5 Å². The molecular weight excluding hydrogens is 322 g/mol. The molecular formula is C19H25NO5. The van der Waals surface area contributed by atoms with Gasteiger partial charge in [-0.3, -0.25) is 4.79 Å². The normalized spacial score (nSPS) is 33.2.